The average molecular weight is 249 g/mol. The van der Waals surface area contributed by atoms with E-state index >= 15 is 0 Å². The van der Waals surface area contributed by atoms with Gasteiger partial charge in [0.25, 0.3) is 0 Å². The second kappa shape index (κ2) is 4.65. The van der Waals surface area contributed by atoms with Gasteiger partial charge in [-0.3, -0.25) is 0 Å². The molecule has 2 heteroatoms. The van der Waals surface area contributed by atoms with E-state index in [-0.39, 0.29) is 11.5 Å². The Labute approximate surface area is 110 Å². The van der Waals surface area contributed by atoms with E-state index in [4.69, 9.17) is 5.73 Å². The van der Waals surface area contributed by atoms with Crippen LogP contribution in [0, 0.1) is 0 Å². The van der Waals surface area contributed by atoms with Crippen LogP contribution in [-0.2, 0) is 11.8 Å². The molecule has 0 radical (unpaired) electrons. The third kappa shape index (κ3) is 3.11. The first kappa shape index (κ1) is 13.5. The predicted molar refractivity (Wildman–Crippen MR) is 74.5 cm³/mol. The van der Waals surface area contributed by atoms with E-state index in [1.807, 2.05) is 0 Å². The van der Waals surface area contributed by atoms with E-state index in [2.05, 4.69) is 45.0 Å². The molecule has 0 aliphatic heterocycles. The Morgan fingerprint density at radius 3 is 2.33 bits per heavy atom. The van der Waals surface area contributed by atoms with Gasteiger partial charge in [-0.25, -0.2) is 4.39 Å². The highest BCUT2D eigenvalue weighted by Crippen LogP contribution is 2.36. The molecule has 0 amide bonds. The Balaban J connectivity index is 2.07. The minimum atomic E-state index is -1.08. The van der Waals surface area contributed by atoms with Gasteiger partial charge in [0.1, 0.15) is 5.67 Å². The maximum absolute atomic E-state index is 14.5. The molecule has 1 nitrogen and oxygen atoms in total. The van der Waals surface area contributed by atoms with Crippen LogP contribution in [0.15, 0.2) is 24.3 Å². The van der Waals surface area contributed by atoms with Crippen molar-refractivity contribution in [2.75, 3.05) is 0 Å². The van der Waals surface area contributed by atoms with Crippen LogP contribution >= 0.6 is 0 Å². The molecule has 2 N–H and O–H groups in total. The molecule has 1 saturated carbocycles. The second-order valence-electron chi connectivity index (χ2n) is 6.78. The van der Waals surface area contributed by atoms with E-state index in [0.29, 0.717) is 19.3 Å². The lowest BCUT2D eigenvalue weighted by Crippen LogP contribution is -2.25. The summed E-state index contributed by atoms with van der Waals surface area (Å²) in [5.74, 6) is 0. The first-order valence-corrected chi connectivity index (χ1v) is 6.82. The number of nitrogens with two attached hydrogens (primary N) is 1. The van der Waals surface area contributed by atoms with Crippen molar-refractivity contribution >= 4 is 0 Å². The Morgan fingerprint density at radius 2 is 1.89 bits per heavy atom. The number of rotatable bonds is 2. The molecule has 0 spiro atoms. The van der Waals surface area contributed by atoms with Gasteiger partial charge in [0.15, 0.2) is 0 Å². The van der Waals surface area contributed by atoms with Crippen LogP contribution in [0.3, 0.4) is 0 Å². The second-order valence-corrected chi connectivity index (χ2v) is 6.78. The zero-order valence-corrected chi connectivity index (χ0v) is 11.7. The summed E-state index contributed by atoms with van der Waals surface area (Å²) in [6.45, 7) is 6.57. The van der Waals surface area contributed by atoms with Crippen molar-refractivity contribution in [3.05, 3.63) is 35.4 Å². The van der Waals surface area contributed by atoms with E-state index in [9.17, 15) is 4.39 Å². The van der Waals surface area contributed by atoms with Crippen LogP contribution in [0.4, 0.5) is 4.39 Å². The van der Waals surface area contributed by atoms with Crippen LogP contribution in [0.25, 0.3) is 0 Å². The van der Waals surface area contributed by atoms with Gasteiger partial charge in [-0.2, -0.15) is 0 Å². The van der Waals surface area contributed by atoms with Gasteiger partial charge in [0.2, 0.25) is 0 Å². The molecule has 18 heavy (non-hydrogen) atoms. The Morgan fingerprint density at radius 1 is 1.28 bits per heavy atom. The standard InChI is InChI=1S/C16H24FN/c1-15(2,3)13-6-4-12(5-7-13)10-16(17)9-8-14(18)11-16/h4-7,14H,8-11,18H2,1-3H3. The predicted octanol–water partition coefficient (Wildman–Crippen LogP) is 3.75. The molecule has 0 aromatic heterocycles. The number of benzene rings is 1. The zero-order chi connectivity index (χ0) is 13.4. The summed E-state index contributed by atoms with van der Waals surface area (Å²) in [5.41, 5.74) is 7.26. The van der Waals surface area contributed by atoms with Crippen LogP contribution in [0.2, 0.25) is 0 Å². The van der Waals surface area contributed by atoms with E-state index in [1.54, 1.807) is 0 Å². The van der Waals surface area contributed by atoms with Crippen molar-refractivity contribution in [2.24, 2.45) is 5.73 Å². The van der Waals surface area contributed by atoms with Gasteiger partial charge < -0.3 is 5.73 Å². The summed E-state index contributed by atoms with van der Waals surface area (Å²) < 4.78 is 14.5. The van der Waals surface area contributed by atoms with Gasteiger partial charge in [-0.1, -0.05) is 45.0 Å². The smallest absolute Gasteiger partial charge is 0.116 e. The number of hydrogen-bond donors (Lipinski definition) is 1. The third-order valence-corrected chi connectivity index (χ3v) is 3.93. The molecular weight excluding hydrogens is 225 g/mol. The zero-order valence-electron chi connectivity index (χ0n) is 11.7. The maximum Gasteiger partial charge on any atom is 0.116 e. The fourth-order valence-corrected chi connectivity index (χ4v) is 2.77. The molecule has 2 rings (SSSR count). The summed E-state index contributed by atoms with van der Waals surface area (Å²) in [4.78, 5) is 0. The third-order valence-electron chi connectivity index (χ3n) is 3.93. The lowest BCUT2D eigenvalue weighted by Gasteiger charge is -2.22. The Kier molecular flexibility index (Phi) is 3.50. The van der Waals surface area contributed by atoms with Crippen LogP contribution in [0.5, 0.6) is 0 Å². The van der Waals surface area contributed by atoms with Gasteiger partial charge >= 0.3 is 0 Å². The number of halogens is 1. The maximum atomic E-state index is 14.5. The molecule has 1 aliphatic rings. The Hall–Kier alpha value is -0.890. The largest absolute Gasteiger partial charge is 0.328 e. The quantitative estimate of drug-likeness (QED) is 0.849. The lowest BCUT2D eigenvalue weighted by molar-refractivity contribution is 0.170. The van der Waals surface area contributed by atoms with Crippen molar-refractivity contribution < 1.29 is 4.39 Å². The van der Waals surface area contributed by atoms with Crippen molar-refractivity contribution in [3.63, 3.8) is 0 Å². The molecular formula is C16H24FN. The normalized spacial score (nSPS) is 28.6. The van der Waals surface area contributed by atoms with Gasteiger partial charge in [0.05, 0.1) is 0 Å². The first-order chi connectivity index (χ1) is 8.28. The summed E-state index contributed by atoms with van der Waals surface area (Å²) in [6.07, 6.45) is 2.44. The molecule has 1 aromatic carbocycles. The van der Waals surface area contributed by atoms with E-state index in [1.165, 1.54) is 5.56 Å². The molecule has 2 atom stereocenters. The minimum Gasteiger partial charge on any atom is -0.328 e. The van der Waals surface area contributed by atoms with Gasteiger partial charge in [-0.15, -0.1) is 0 Å². The monoisotopic (exact) mass is 249 g/mol. The summed E-state index contributed by atoms with van der Waals surface area (Å²) in [7, 11) is 0. The van der Waals surface area contributed by atoms with Crippen LogP contribution in [0.1, 0.15) is 51.2 Å². The van der Waals surface area contributed by atoms with Gasteiger partial charge in [0, 0.05) is 12.5 Å². The number of hydrogen-bond acceptors (Lipinski definition) is 1. The lowest BCUT2D eigenvalue weighted by atomic mass is 9.85. The van der Waals surface area contributed by atoms with Crippen LogP contribution in [-0.4, -0.2) is 11.7 Å². The van der Waals surface area contributed by atoms with Crippen molar-refractivity contribution in [1.82, 2.24) is 0 Å². The molecule has 0 heterocycles. The van der Waals surface area contributed by atoms with E-state index in [0.717, 1.165) is 12.0 Å². The molecule has 1 aliphatic carbocycles. The molecule has 100 valence electrons. The fourth-order valence-electron chi connectivity index (χ4n) is 2.77. The van der Waals surface area contributed by atoms with Crippen LogP contribution < -0.4 is 5.73 Å². The van der Waals surface area contributed by atoms with E-state index < -0.39 is 5.67 Å². The highest BCUT2D eigenvalue weighted by molar-refractivity contribution is 5.28. The Bertz CT molecular complexity index is 404. The van der Waals surface area contributed by atoms with Gasteiger partial charge in [-0.05, 0) is 35.8 Å². The first-order valence-electron chi connectivity index (χ1n) is 6.82. The molecule has 2 unspecified atom stereocenters. The topological polar surface area (TPSA) is 26.0 Å². The summed E-state index contributed by atoms with van der Waals surface area (Å²) in [5, 5.41) is 0. The SMILES string of the molecule is CC(C)(C)c1ccc(CC2(F)CCC(N)C2)cc1. The molecule has 1 aromatic rings. The highest BCUT2D eigenvalue weighted by atomic mass is 19.1. The summed E-state index contributed by atoms with van der Waals surface area (Å²) in [6, 6.07) is 8.41. The van der Waals surface area contributed by atoms with Crippen molar-refractivity contribution in [2.45, 2.75) is 63.6 Å². The molecule has 0 bridgehead atoms. The van der Waals surface area contributed by atoms with Crippen molar-refractivity contribution in [3.8, 4) is 0 Å². The highest BCUT2D eigenvalue weighted by Gasteiger charge is 2.37. The number of alkyl halides is 1. The van der Waals surface area contributed by atoms with Crippen molar-refractivity contribution in [1.29, 1.82) is 0 Å². The summed E-state index contributed by atoms with van der Waals surface area (Å²) >= 11 is 0. The molecule has 0 saturated heterocycles. The molecule has 1 fully saturated rings. The minimum absolute atomic E-state index is 0.0452. The fraction of sp³-hybridized carbons (Fsp3) is 0.625. The average Bonchev–Trinajstić information content (AvgIpc) is 2.58.